The molecule has 5 aromatic rings. The zero-order valence-electron chi connectivity index (χ0n) is 29.3. The smallest absolute Gasteiger partial charge is 0.119 e. The van der Waals surface area contributed by atoms with Crippen molar-refractivity contribution in [2.75, 3.05) is 13.2 Å². The summed E-state index contributed by atoms with van der Waals surface area (Å²) in [6.07, 6.45) is 14.0. The number of hydrogen-bond acceptors (Lipinski definition) is 2. The average Bonchev–Trinajstić information content (AvgIpc) is 3.14. The Morgan fingerprint density at radius 1 is 0.354 bits per heavy atom. The molecule has 5 aromatic carbocycles. The van der Waals surface area contributed by atoms with E-state index >= 15 is 0 Å². The van der Waals surface area contributed by atoms with Crippen LogP contribution in [0, 0.1) is 0 Å². The third-order valence-corrected chi connectivity index (χ3v) is 9.22. The van der Waals surface area contributed by atoms with Crippen LogP contribution in [-0.2, 0) is 25.7 Å². The summed E-state index contributed by atoms with van der Waals surface area (Å²) in [6, 6.07) is 44.4. The molecule has 0 bridgehead atoms. The predicted molar refractivity (Wildman–Crippen MR) is 204 cm³/mol. The SMILES string of the molecule is CCCCCCOc1ccc(CCc2ccc(-c3cccc(-c4ccc(CCc5ccc(OCCCCCC)cc5)cc4)c3)cc2)cc1. The molecular weight excluding hydrogens is 585 g/mol. The van der Waals surface area contributed by atoms with Crippen molar-refractivity contribution in [1.82, 2.24) is 0 Å². The molecule has 0 spiro atoms. The molecule has 0 aromatic heterocycles. The molecule has 0 fully saturated rings. The molecule has 0 saturated heterocycles. The van der Waals surface area contributed by atoms with Crippen LogP contribution in [0.4, 0.5) is 0 Å². The number of ether oxygens (including phenoxy) is 2. The van der Waals surface area contributed by atoms with Gasteiger partial charge < -0.3 is 9.47 Å². The highest BCUT2D eigenvalue weighted by molar-refractivity contribution is 5.73. The molecule has 0 aliphatic rings. The Morgan fingerprint density at radius 2 is 0.708 bits per heavy atom. The Hall–Kier alpha value is -4.30. The summed E-state index contributed by atoms with van der Waals surface area (Å²) < 4.78 is 11.8. The topological polar surface area (TPSA) is 18.5 Å². The Kier molecular flexibility index (Phi) is 14.2. The molecule has 0 aliphatic heterocycles. The summed E-state index contributed by atoms with van der Waals surface area (Å²) in [5.41, 5.74) is 10.4. The van der Waals surface area contributed by atoms with Crippen molar-refractivity contribution < 1.29 is 9.47 Å². The second-order valence-corrected chi connectivity index (χ2v) is 13.1. The maximum atomic E-state index is 5.91. The van der Waals surface area contributed by atoms with Crippen molar-refractivity contribution in [3.05, 3.63) is 144 Å². The van der Waals surface area contributed by atoms with Gasteiger partial charge in [0.1, 0.15) is 11.5 Å². The molecule has 0 heterocycles. The molecule has 0 saturated carbocycles. The predicted octanol–water partition coefficient (Wildman–Crippen LogP) is 12.5. The lowest BCUT2D eigenvalue weighted by atomic mass is 9.96. The molecule has 0 amide bonds. The highest BCUT2D eigenvalue weighted by Gasteiger charge is 2.05. The maximum Gasteiger partial charge on any atom is 0.119 e. The summed E-state index contributed by atoms with van der Waals surface area (Å²) in [5.74, 6) is 1.96. The Morgan fingerprint density at radius 3 is 1.06 bits per heavy atom. The largest absolute Gasteiger partial charge is 0.494 e. The third-order valence-electron chi connectivity index (χ3n) is 9.22. The zero-order valence-corrected chi connectivity index (χ0v) is 29.3. The highest BCUT2D eigenvalue weighted by Crippen LogP contribution is 2.28. The lowest BCUT2D eigenvalue weighted by Gasteiger charge is -2.09. The number of unbranched alkanes of at least 4 members (excludes halogenated alkanes) is 6. The molecule has 2 heteroatoms. The van der Waals surface area contributed by atoms with Gasteiger partial charge in [0, 0.05) is 0 Å². The molecular formula is C46H54O2. The van der Waals surface area contributed by atoms with Gasteiger partial charge >= 0.3 is 0 Å². The Bertz CT molecular complexity index is 1480. The van der Waals surface area contributed by atoms with Crippen molar-refractivity contribution in [2.24, 2.45) is 0 Å². The standard InChI is InChI=1S/C46H54O2/c1-3-5-7-9-34-47-45-30-22-39(23-31-45)16-14-37-18-26-41(27-19-37)43-12-11-13-44(36-43)42-28-20-38(21-29-42)15-17-40-24-32-46(33-25-40)48-35-10-8-6-4-2/h11-13,18-33,36H,3-10,14-17,34-35H2,1-2H3. The summed E-state index contributed by atoms with van der Waals surface area (Å²) in [5, 5.41) is 0. The Labute approximate surface area is 290 Å². The van der Waals surface area contributed by atoms with E-state index in [2.05, 4.69) is 135 Å². The van der Waals surface area contributed by atoms with Crippen LogP contribution < -0.4 is 9.47 Å². The molecule has 0 aliphatic carbocycles. The second kappa shape index (κ2) is 19.5. The molecule has 5 rings (SSSR count). The normalized spacial score (nSPS) is 11.0. The first-order chi connectivity index (χ1) is 23.7. The average molecular weight is 639 g/mol. The van der Waals surface area contributed by atoms with Gasteiger partial charge in [0.25, 0.3) is 0 Å². The molecule has 0 radical (unpaired) electrons. The van der Waals surface area contributed by atoms with Gasteiger partial charge in [0.05, 0.1) is 13.2 Å². The molecule has 48 heavy (non-hydrogen) atoms. The van der Waals surface area contributed by atoms with Gasteiger partial charge in [-0.15, -0.1) is 0 Å². The number of hydrogen-bond donors (Lipinski definition) is 0. The fourth-order valence-corrected chi connectivity index (χ4v) is 6.13. The first-order valence-corrected chi connectivity index (χ1v) is 18.4. The fourth-order valence-electron chi connectivity index (χ4n) is 6.13. The summed E-state index contributed by atoms with van der Waals surface area (Å²) >= 11 is 0. The van der Waals surface area contributed by atoms with Gasteiger partial charge in [-0.25, -0.2) is 0 Å². The molecule has 0 atom stereocenters. The monoisotopic (exact) mass is 638 g/mol. The van der Waals surface area contributed by atoms with Crippen LogP contribution in [0.2, 0.25) is 0 Å². The number of aryl methyl sites for hydroxylation is 4. The van der Waals surface area contributed by atoms with E-state index in [1.54, 1.807) is 0 Å². The van der Waals surface area contributed by atoms with E-state index in [9.17, 15) is 0 Å². The molecule has 250 valence electrons. The lowest BCUT2D eigenvalue weighted by molar-refractivity contribution is 0.305. The van der Waals surface area contributed by atoms with Gasteiger partial charge in [-0.3, -0.25) is 0 Å². The van der Waals surface area contributed by atoms with Crippen LogP contribution >= 0.6 is 0 Å². The zero-order chi connectivity index (χ0) is 33.2. The fraction of sp³-hybridized carbons (Fsp3) is 0.348. The van der Waals surface area contributed by atoms with Crippen LogP contribution in [-0.4, -0.2) is 13.2 Å². The molecule has 0 N–H and O–H groups in total. The van der Waals surface area contributed by atoms with Crippen molar-refractivity contribution >= 4 is 0 Å². The van der Waals surface area contributed by atoms with Gasteiger partial charge in [-0.2, -0.15) is 0 Å². The van der Waals surface area contributed by atoms with Crippen LogP contribution in [0.5, 0.6) is 11.5 Å². The number of rotatable bonds is 20. The van der Waals surface area contributed by atoms with E-state index < -0.39 is 0 Å². The van der Waals surface area contributed by atoms with Crippen molar-refractivity contribution in [1.29, 1.82) is 0 Å². The maximum absolute atomic E-state index is 5.91. The number of benzene rings is 5. The third kappa shape index (κ3) is 11.4. The van der Waals surface area contributed by atoms with Crippen LogP contribution in [0.1, 0.15) is 87.5 Å². The van der Waals surface area contributed by atoms with Crippen LogP contribution in [0.3, 0.4) is 0 Å². The second-order valence-electron chi connectivity index (χ2n) is 13.1. The minimum Gasteiger partial charge on any atom is -0.494 e. The summed E-state index contributed by atoms with van der Waals surface area (Å²) in [4.78, 5) is 0. The summed E-state index contributed by atoms with van der Waals surface area (Å²) in [6.45, 7) is 6.10. The quantitative estimate of drug-likeness (QED) is 0.0790. The molecule has 2 nitrogen and oxygen atoms in total. The van der Waals surface area contributed by atoms with E-state index in [-0.39, 0.29) is 0 Å². The van der Waals surface area contributed by atoms with Gasteiger partial charge in [0.15, 0.2) is 0 Å². The van der Waals surface area contributed by atoms with E-state index in [4.69, 9.17) is 9.47 Å². The highest BCUT2D eigenvalue weighted by atomic mass is 16.5. The van der Waals surface area contributed by atoms with Crippen LogP contribution in [0.15, 0.2) is 121 Å². The van der Waals surface area contributed by atoms with Crippen LogP contribution in [0.25, 0.3) is 22.3 Å². The lowest BCUT2D eigenvalue weighted by Crippen LogP contribution is -1.97. The first kappa shape index (κ1) is 35.0. The van der Waals surface area contributed by atoms with E-state index in [0.29, 0.717) is 0 Å². The van der Waals surface area contributed by atoms with Gasteiger partial charge in [0.2, 0.25) is 0 Å². The Balaban J connectivity index is 1.08. The van der Waals surface area contributed by atoms with Gasteiger partial charge in [-0.1, -0.05) is 143 Å². The first-order valence-electron chi connectivity index (χ1n) is 18.4. The van der Waals surface area contributed by atoms with E-state index in [0.717, 1.165) is 63.2 Å². The minimum atomic E-state index is 0.813. The van der Waals surface area contributed by atoms with Crippen molar-refractivity contribution in [3.8, 4) is 33.8 Å². The minimum absolute atomic E-state index is 0.813. The van der Waals surface area contributed by atoms with Crippen molar-refractivity contribution in [2.45, 2.75) is 90.9 Å². The molecule has 0 unspecified atom stereocenters. The van der Waals surface area contributed by atoms with Gasteiger partial charge in [-0.05, 0) is 113 Å². The van der Waals surface area contributed by atoms with E-state index in [1.807, 2.05) is 0 Å². The van der Waals surface area contributed by atoms with E-state index in [1.165, 1.54) is 83.0 Å². The van der Waals surface area contributed by atoms with Crippen molar-refractivity contribution in [3.63, 3.8) is 0 Å². The summed E-state index contributed by atoms with van der Waals surface area (Å²) in [7, 11) is 0.